The van der Waals surface area contributed by atoms with Crippen molar-refractivity contribution in [2.24, 2.45) is 0 Å². The second kappa shape index (κ2) is 3.62. The highest BCUT2D eigenvalue weighted by Gasteiger charge is 2.32. The molecule has 12 heavy (non-hydrogen) atoms. The number of likely N-dealkylation sites (N-methyl/N-ethyl adjacent to an activating group) is 1. The van der Waals surface area contributed by atoms with Crippen LogP contribution in [0.3, 0.4) is 0 Å². The molecule has 1 rings (SSSR count). The largest absolute Gasteiger partial charge is 0.401 e. The van der Waals surface area contributed by atoms with Gasteiger partial charge in [-0.25, -0.2) is 0 Å². The summed E-state index contributed by atoms with van der Waals surface area (Å²) in [4.78, 5) is 1.30. The summed E-state index contributed by atoms with van der Waals surface area (Å²) in [6, 6.07) is -0.0633. The average molecular weight is 183 g/mol. The van der Waals surface area contributed by atoms with E-state index >= 15 is 0 Å². The van der Waals surface area contributed by atoms with E-state index in [4.69, 9.17) is 4.74 Å². The standard InChI is InChI=1S/C7H12F3NO/c1-11(5-7(8,9)10)6-2-3-12-4-6/h6H,2-5H2,1H3. The molecule has 72 valence electrons. The van der Waals surface area contributed by atoms with Gasteiger partial charge >= 0.3 is 6.18 Å². The summed E-state index contributed by atoms with van der Waals surface area (Å²) < 4.78 is 40.6. The van der Waals surface area contributed by atoms with Gasteiger partial charge in [-0.1, -0.05) is 0 Å². The smallest absolute Gasteiger partial charge is 0.380 e. The van der Waals surface area contributed by atoms with Gasteiger partial charge < -0.3 is 4.74 Å². The third-order valence-corrected chi connectivity index (χ3v) is 1.96. The molecule has 0 radical (unpaired) electrons. The second-order valence-corrected chi connectivity index (χ2v) is 3.05. The first-order valence-electron chi connectivity index (χ1n) is 3.84. The molecule has 5 heteroatoms. The van der Waals surface area contributed by atoms with Gasteiger partial charge in [0.15, 0.2) is 0 Å². The number of rotatable bonds is 2. The summed E-state index contributed by atoms with van der Waals surface area (Å²) >= 11 is 0. The number of ether oxygens (including phenoxy) is 1. The molecule has 1 fully saturated rings. The fourth-order valence-corrected chi connectivity index (χ4v) is 1.28. The number of halogens is 3. The Morgan fingerprint density at radius 3 is 2.58 bits per heavy atom. The molecule has 0 aromatic carbocycles. The Morgan fingerprint density at radius 1 is 1.50 bits per heavy atom. The molecule has 1 aliphatic heterocycles. The Morgan fingerprint density at radius 2 is 2.17 bits per heavy atom. The van der Waals surface area contributed by atoms with Crippen molar-refractivity contribution in [2.75, 3.05) is 26.8 Å². The first-order valence-corrected chi connectivity index (χ1v) is 3.84. The summed E-state index contributed by atoms with van der Waals surface area (Å²) in [6.07, 6.45) is -3.40. The van der Waals surface area contributed by atoms with Crippen molar-refractivity contribution >= 4 is 0 Å². The van der Waals surface area contributed by atoms with Crippen molar-refractivity contribution in [3.8, 4) is 0 Å². The maximum atomic E-state index is 11.9. The number of nitrogens with zero attached hydrogens (tertiary/aromatic N) is 1. The molecule has 0 aromatic heterocycles. The quantitative estimate of drug-likeness (QED) is 0.639. The van der Waals surface area contributed by atoms with Crippen LogP contribution in [-0.2, 0) is 4.74 Å². The van der Waals surface area contributed by atoms with Crippen molar-refractivity contribution in [3.05, 3.63) is 0 Å². The first kappa shape index (κ1) is 9.80. The van der Waals surface area contributed by atoms with Crippen molar-refractivity contribution in [3.63, 3.8) is 0 Å². The van der Waals surface area contributed by atoms with Gasteiger partial charge in [-0.2, -0.15) is 13.2 Å². The Labute approximate surface area is 69.3 Å². The average Bonchev–Trinajstić information content (AvgIpc) is 2.32. The van der Waals surface area contributed by atoms with Crippen LogP contribution in [0.4, 0.5) is 13.2 Å². The van der Waals surface area contributed by atoms with Crippen LogP contribution in [0.15, 0.2) is 0 Å². The summed E-state index contributed by atoms with van der Waals surface area (Å²) in [5.74, 6) is 0. The van der Waals surface area contributed by atoms with Gasteiger partial charge in [-0.05, 0) is 13.5 Å². The normalized spacial score (nSPS) is 25.2. The zero-order chi connectivity index (χ0) is 9.19. The highest BCUT2D eigenvalue weighted by atomic mass is 19.4. The van der Waals surface area contributed by atoms with Crippen LogP contribution in [0.5, 0.6) is 0 Å². The van der Waals surface area contributed by atoms with E-state index in [0.29, 0.717) is 19.6 Å². The number of alkyl halides is 3. The van der Waals surface area contributed by atoms with E-state index in [1.54, 1.807) is 0 Å². The van der Waals surface area contributed by atoms with Crippen LogP contribution in [0.25, 0.3) is 0 Å². The van der Waals surface area contributed by atoms with Crippen molar-refractivity contribution < 1.29 is 17.9 Å². The molecule has 0 bridgehead atoms. The van der Waals surface area contributed by atoms with E-state index in [9.17, 15) is 13.2 Å². The van der Waals surface area contributed by atoms with Gasteiger partial charge in [0.05, 0.1) is 13.2 Å². The molecule has 0 spiro atoms. The van der Waals surface area contributed by atoms with Crippen molar-refractivity contribution in [1.82, 2.24) is 4.90 Å². The molecule has 1 saturated heterocycles. The zero-order valence-corrected chi connectivity index (χ0v) is 6.90. The second-order valence-electron chi connectivity index (χ2n) is 3.05. The van der Waals surface area contributed by atoms with Gasteiger partial charge in [0, 0.05) is 12.6 Å². The number of hydrogen-bond donors (Lipinski definition) is 0. The van der Waals surface area contributed by atoms with E-state index in [1.807, 2.05) is 0 Å². The van der Waals surface area contributed by atoms with Crippen molar-refractivity contribution in [2.45, 2.75) is 18.6 Å². The zero-order valence-electron chi connectivity index (χ0n) is 6.90. The van der Waals surface area contributed by atoms with E-state index in [-0.39, 0.29) is 6.04 Å². The molecular weight excluding hydrogens is 171 g/mol. The fraction of sp³-hybridized carbons (Fsp3) is 1.00. The van der Waals surface area contributed by atoms with Crippen LogP contribution in [0, 0.1) is 0 Å². The monoisotopic (exact) mass is 183 g/mol. The minimum atomic E-state index is -4.10. The predicted octanol–water partition coefficient (Wildman–Crippen LogP) is 1.27. The van der Waals surface area contributed by atoms with E-state index in [1.165, 1.54) is 11.9 Å². The maximum Gasteiger partial charge on any atom is 0.401 e. The predicted molar refractivity (Wildman–Crippen MR) is 37.9 cm³/mol. The molecule has 0 aromatic rings. The van der Waals surface area contributed by atoms with Gasteiger partial charge in [0.25, 0.3) is 0 Å². The van der Waals surface area contributed by atoms with E-state index in [0.717, 1.165) is 0 Å². The summed E-state index contributed by atoms with van der Waals surface area (Å²) in [5, 5.41) is 0. The topological polar surface area (TPSA) is 12.5 Å². The summed E-state index contributed by atoms with van der Waals surface area (Å²) in [7, 11) is 1.48. The third kappa shape index (κ3) is 2.98. The molecule has 0 saturated carbocycles. The van der Waals surface area contributed by atoms with Crippen molar-refractivity contribution in [1.29, 1.82) is 0 Å². The van der Waals surface area contributed by atoms with Gasteiger partial charge in [0.2, 0.25) is 0 Å². The minimum Gasteiger partial charge on any atom is -0.380 e. The Bertz CT molecular complexity index is 142. The molecule has 2 nitrogen and oxygen atoms in total. The van der Waals surface area contributed by atoms with E-state index in [2.05, 4.69) is 0 Å². The molecular formula is C7H12F3NO. The third-order valence-electron chi connectivity index (χ3n) is 1.96. The van der Waals surface area contributed by atoms with Crippen LogP contribution in [0.1, 0.15) is 6.42 Å². The summed E-state index contributed by atoms with van der Waals surface area (Å²) in [5.41, 5.74) is 0. The van der Waals surface area contributed by atoms with Gasteiger partial charge in [0.1, 0.15) is 0 Å². The Balaban J connectivity index is 2.31. The lowest BCUT2D eigenvalue weighted by Crippen LogP contribution is -2.39. The Hall–Kier alpha value is -0.290. The first-order chi connectivity index (χ1) is 5.49. The molecule has 1 atom stereocenters. The van der Waals surface area contributed by atoms with Gasteiger partial charge in [-0.3, -0.25) is 4.90 Å². The highest BCUT2D eigenvalue weighted by Crippen LogP contribution is 2.19. The molecule has 1 heterocycles. The van der Waals surface area contributed by atoms with Crippen LogP contribution in [-0.4, -0.2) is 43.9 Å². The lowest BCUT2D eigenvalue weighted by Gasteiger charge is -2.23. The Kier molecular flexibility index (Phi) is 2.95. The lowest BCUT2D eigenvalue weighted by molar-refractivity contribution is -0.147. The van der Waals surface area contributed by atoms with Crippen LogP contribution in [0.2, 0.25) is 0 Å². The molecule has 0 amide bonds. The SMILES string of the molecule is CN(CC(F)(F)F)C1CCOC1. The van der Waals surface area contributed by atoms with Crippen LogP contribution >= 0.6 is 0 Å². The lowest BCUT2D eigenvalue weighted by atomic mass is 10.2. The number of hydrogen-bond acceptors (Lipinski definition) is 2. The summed E-state index contributed by atoms with van der Waals surface area (Å²) in [6.45, 7) is 0.153. The van der Waals surface area contributed by atoms with Crippen LogP contribution < -0.4 is 0 Å². The molecule has 1 unspecified atom stereocenters. The minimum absolute atomic E-state index is 0.0633. The fourth-order valence-electron chi connectivity index (χ4n) is 1.28. The molecule has 0 N–H and O–H groups in total. The maximum absolute atomic E-state index is 11.9. The van der Waals surface area contributed by atoms with Gasteiger partial charge in [-0.15, -0.1) is 0 Å². The highest BCUT2D eigenvalue weighted by molar-refractivity contribution is 4.74. The van der Waals surface area contributed by atoms with E-state index < -0.39 is 12.7 Å². The molecule has 1 aliphatic rings. The molecule has 0 aliphatic carbocycles.